The fraction of sp³-hybridized carbons (Fsp3) is 0.500. The summed E-state index contributed by atoms with van der Waals surface area (Å²) < 4.78 is 3.18. The van der Waals surface area contributed by atoms with Crippen molar-refractivity contribution < 1.29 is 9.72 Å². The first-order valence-electron chi connectivity index (χ1n) is 7.26. The summed E-state index contributed by atoms with van der Waals surface area (Å²) in [7, 11) is 1.83. The molecule has 0 saturated heterocycles. The van der Waals surface area contributed by atoms with E-state index in [1.807, 2.05) is 27.1 Å². The van der Waals surface area contributed by atoms with E-state index in [0.29, 0.717) is 12.2 Å². The van der Waals surface area contributed by atoms with Crippen molar-refractivity contribution >= 4 is 11.7 Å². The Labute approximate surface area is 133 Å². The van der Waals surface area contributed by atoms with Gasteiger partial charge in [-0.05, 0) is 25.7 Å². The third-order valence-corrected chi connectivity index (χ3v) is 3.60. The summed E-state index contributed by atoms with van der Waals surface area (Å²) in [5.74, 6) is -0.347. The predicted octanol–water partition coefficient (Wildman–Crippen LogP) is 1.41. The zero-order chi connectivity index (χ0) is 17.1. The SMILES string of the molecule is Cc1nn(C)cc1C(C)NC(=O)CCn1nc([N+](=O)[O-])cc1C. The van der Waals surface area contributed by atoms with Gasteiger partial charge in [0, 0.05) is 25.2 Å². The molecule has 9 nitrogen and oxygen atoms in total. The molecule has 0 aromatic carbocycles. The van der Waals surface area contributed by atoms with Crippen LogP contribution in [0.4, 0.5) is 5.82 Å². The van der Waals surface area contributed by atoms with Gasteiger partial charge in [0.1, 0.15) is 0 Å². The number of carbonyl (C=O) groups is 1. The summed E-state index contributed by atoms with van der Waals surface area (Å²) in [6, 6.07) is 1.24. The molecule has 0 fully saturated rings. The molecule has 2 heterocycles. The molecular weight excluding hydrogens is 300 g/mol. The van der Waals surface area contributed by atoms with E-state index in [1.54, 1.807) is 11.6 Å². The largest absolute Gasteiger partial charge is 0.390 e. The topological polar surface area (TPSA) is 108 Å². The third-order valence-electron chi connectivity index (χ3n) is 3.60. The first-order valence-corrected chi connectivity index (χ1v) is 7.26. The molecule has 0 bridgehead atoms. The van der Waals surface area contributed by atoms with Crippen LogP contribution in [0.25, 0.3) is 0 Å². The van der Waals surface area contributed by atoms with E-state index in [4.69, 9.17) is 0 Å². The molecule has 0 spiro atoms. The maximum Gasteiger partial charge on any atom is 0.390 e. The number of rotatable bonds is 6. The summed E-state index contributed by atoms with van der Waals surface area (Å²) in [6.07, 6.45) is 2.07. The molecule has 0 aliphatic heterocycles. The summed E-state index contributed by atoms with van der Waals surface area (Å²) in [5, 5.41) is 21.7. The van der Waals surface area contributed by atoms with E-state index >= 15 is 0 Å². The van der Waals surface area contributed by atoms with E-state index in [-0.39, 0.29) is 24.2 Å². The second-order valence-electron chi connectivity index (χ2n) is 5.51. The zero-order valence-electron chi connectivity index (χ0n) is 13.6. The number of nitrogens with one attached hydrogen (secondary N) is 1. The molecule has 0 radical (unpaired) electrons. The van der Waals surface area contributed by atoms with Gasteiger partial charge in [0.15, 0.2) is 0 Å². The van der Waals surface area contributed by atoms with Gasteiger partial charge >= 0.3 is 5.82 Å². The number of aromatic nitrogens is 4. The average Bonchev–Trinajstić information content (AvgIpc) is 2.99. The Balaban J connectivity index is 1.92. The number of carbonyl (C=O) groups excluding carboxylic acids is 1. The van der Waals surface area contributed by atoms with Crippen LogP contribution in [0.3, 0.4) is 0 Å². The Morgan fingerprint density at radius 1 is 1.43 bits per heavy atom. The van der Waals surface area contributed by atoms with E-state index in [2.05, 4.69) is 15.5 Å². The molecule has 0 aliphatic carbocycles. The van der Waals surface area contributed by atoms with Crippen molar-refractivity contribution in [2.24, 2.45) is 7.05 Å². The fourth-order valence-corrected chi connectivity index (χ4v) is 2.45. The van der Waals surface area contributed by atoms with Gasteiger partial charge in [-0.15, -0.1) is 0 Å². The summed E-state index contributed by atoms with van der Waals surface area (Å²) in [6.45, 7) is 5.81. The molecule has 1 unspecified atom stereocenters. The second kappa shape index (κ2) is 6.59. The average molecular weight is 320 g/mol. The second-order valence-corrected chi connectivity index (χ2v) is 5.51. The minimum atomic E-state index is -0.545. The molecule has 1 amide bonds. The molecule has 1 atom stereocenters. The third kappa shape index (κ3) is 3.93. The lowest BCUT2D eigenvalue weighted by molar-refractivity contribution is -0.389. The van der Waals surface area contributed by atoms with E-state index in [0.717, 1.165) is 11.3 Å². The van der Waals surface area contributed by atoms with Crippen LogP contribution in [0.5, 0.6) is 0 Å². The van der Waals surface area contributed by atoms with Crippen molar-refractivity contribution in [3.05, 3.63) is 39.3 Å². The Morgan fingerprint density at radius 2 is 2.13 bits per heavy atom. The maximum atomic E-state index is 12.1. The molecule has 2 aromatic rings. The normalized spacial score (nSPS) is 12.2. The lowest BCUT2D eigenvalue weighted by atomic mass is 10.1. The van der Waals surface area contributed by atoms with Crippen LogP contribution in [0.2, 0.25) is 0 Å². The monoisotopic (exact) mass is 320 g/mol. The molecule has 124 valence electrons. The lowest BCUT2D eigenvalue weighted by Crippen LogP contribution is -2.27. The zero-order valence-corrected chi connectivity index (χ0v) is 13.6. The summed E-state index contributed by atoms with van der Waals surface area (Å²) in [4.78, 5) is 22.2. The minimum absolute atomic E-state index is 0.140. The van der Waals surface area contributed by atoms with Crippen LogP contribution >= 0.6 is 0 Å². The molecule has 2 aromatic heterocycles. The number of hydrogen-bond donors (Lipinski definition) is 1. The highest BCUT2D eigenvalue weighted by Crippen LogP contribution is 2.16. The van der Waals surface area contributed by atoms with Gasteiger partial charge < -0.3 is 15.4 Å². The van der Waals surface area contributed by atoms with Gasteiger partial charge in [0.05, 0.1) is 35.1 Å². The highest BCUT2D eigenvalue weighted by Gasteiger charge is 2.18. The van der Waals surface area contributed by atoms with Gasteiger partial charge in [-0.1, -0.05) is 0 Å². The van der Waals surface area contributed by atoms with Crippen molar-refractivity contribution in [1.29, 1.82) is 0 Å². The molecule has 2 rings (SSSR count). The smallest absolute Gasteiger partial charge is 0.358 e. The van der Waals surface area contributed by atoms with Gasteiger partial charge in [0.25, 0.3) is 0 Å². The summed E-state index contributed by atoms with van der Waals surface area (Å²) >= 11 is 0. The Hall–Kier alpha value is -2.71. The van der Waals surface area contributed by atoms with Crippen molar-refractivity contribution in [3.8, 4) is 0 Å². The molecule has 1 N–H and O–H groups in total. The lowest BCUT2D eigenvalue weighted by Gasteiger charge is -2.13. The van der Waals surface area contributed by atoms with E-state index < -0.39 is 4.92 Å². The van der Waals surface area contributed by atoms with Crippen LogP contribution in [-0.2, 0) is 18.4 Å². The van der Waals surface area contributed by atoms with Crippen LogP contribution in [0.15, 0.2) is 12.3 Å². The molecular formula is C14H20N6O3. The number of nitro groups is 1. The van der Waals surface area contributed by atoms with Gasteiger partial charge in [-0.25, -0.2) is 0 Å². The fourth-order valence-electron chi connectivity index (χ4n) is 2.45. The Bertz CT molecular complexity index is 733. The highest BCUT2D eigenvalue weighted by molar-refractivity contribution is 5.76. The van der Waals surface area contributed by atoms with Crippen LogP contribution in [0.1, 0.15) is 36.3 Å². The number of amides is 1. The first-order chi connectivity index (χ1) is 10.8. The van der Waals surface area contributed by atoms with Crippen molar-refractivity contribution in [2.45, 2.75) is 39.8 Å². The molecule has 23 heavy (non-hydrogen) atoms. The van der Waals surface area contributed by atoms with Crippen molar-refractivity contribution in [1.82, 2.24) is 24.9 Å². The van der Waals surface area contributed by atoms with E-state index in [1.165, 1.54) is 10.7 Å². The van der Waals surface area contributed by atoms with Crippen LogP contribution in [0, 0.1) is 24.0 Å². The minimum Gasteiger partial charge on any atom is -0.358 e. The molecule has 0 aliphatic rings. The molecule has 9 heteroatoms. The summed E-state index contributed by atoms with van der Waals surface area (Å²) in [5.41, 5.74) is 2.49. The Morgan fingerprint density at radius 3 is 2.65 bits per heavy atom. The highest BCUT2D eigenvalue weighted by atomic mass is 16.6. The number of aryl methyl sites for hydroxylation is 4. The predicted molar refractivity (Wildman–Crippen MR) is 82.7 cm³/mol. The maximum absolute atomic E-state index is 12.1. The standard InChI is InChI=1S/C14H20N6O3/c1-9-7-13(20(22)23)17-19(9)6-5-14(21)15-10(2)12-8-18(4)16-11(12)3/h7-8,10H,5-6H2,1-4H3,(H,15,21). The first kappa shape index (κ1) is 16.7. The van der Waals surface area contributed by atoms with Crippen LogP contribution in [-0.4, -0.2) is 30.4 Å². The van der Waals surface area contributed by atoms with Crippen molar-refractivity contribution in [3.63, 3.8) is 0 Å². The van der Waals surface area contributed by atoms with Crippen LogP contribution < -0.4 is 5.32 Å². The van der Waals surface area contributed by atoms with Gasteiger partial charge in [-0.2, -0.15) is 9.78 Å². The molecule has 0 saturated carbocycles. The number of nitrogens with zero attached hydrogens (tertiary/aromatic N) is 5. The Kier molecular flexibility index (Phi) is 4.77. The van der Waals surface area contributed by atoms with Gasteiger partial charge in [-0.3, -0.25) is 9.48 Å². The van der Waals surface area contributed by atoms with Gasteiger partial charge in [0.2, 0.25) is 5.91 Å². The van der Waals surface area contributed by atoms with E-state index in [9.17, 15) is 14.9 Å². The van der Waals surface area contributed by atoms with Crippen molar-refractivity contribution in [2.75, 3.05) is 0 Å². The quantitative estimate of drug-likeness (QED) is 0.639. The number of hydrogen-bond acceptors (Lipinski definition) is 5.